The molecule has 30 heavy (non-hydrogen) atoms. The van der Waals surface area contributed by atoms with Gasteiger partial charge < -0.3 is 5.32 Å². The zero-order chi connectivity index (χ0) is 20.9. The number of hydrazone groups is 1. The summed E-state index contributed by atoms with van der Waals surface area (Å²) in [7, 11) is 0. The molecule has 1 atom stereocenters. The summed E-state index contributed by atoms with van der Waals surface area (Å²) in [4.78, 5) is 29.8. The summed E-state index contributed by atoms with van der Waals surface area (Å²) in [6.07, 6.45) is 10.1. The maximum absolute atomic E-state index is 13.1. The first-order chi connectivity index (χ1) is 14.4. The molecule has 4 aliphatic carbocycles. The predicted molar refractivity (Wildman–Crippen MR) is 114 cm³/mol. The molecule has 0 spiro atoms. The van der Waals surface area contributed by atoms with Crippen molar-refractivity contribution in [2.45, 2.75) is 51.5 Å². The fourth-order valence-corrected chi connectivity index (χ4v) is 6.39. The Hall–Kier alpha value is -2.41. The maximum atomic E-state index is 13.1. The SMILES string of the molecule is CC(NC(=O)C12CC3CC(CC(C3)C1)C2)C(=O)NN=Cc1c(Cl)nc2ccccn12. The summed E-state index contributed by atoms with van der Waals surface area (Å²) in [5.74, 6) is 1.75. The average molecular weight is 428 g/mol. The lowest BCUT2D eigenvalue weighted by Crippen LogP contribution is -2.56. The molecule has 2 heterocycles. The number of fused-ring (bicyclic) bond motifs is 1. The highest BCUT2D eigenvalue weighted by atomic mass is 35.5. The van der Waals surface area contributed by atoms with Gasteiger partial charge in [-0.2, -0.15) is 5.10 Å². The number of halogens is 1. The van der Waals surface area contributed by atoms with Crippen LogP contribution >= 0.6 is 11.6 Å². The Balaban J connectivity index is 1.21. The number of imidazole rings is 1. The first-order valence-corrected chi connectivity index (χ1v) is 11.1. The molecule has 4 saturated carbocycles. The minimum Gasteiger partial charge on any atom is -0.344 e. The Kier molecular flexibility index (Phi) is 4.81. The second kappa shape index (κ2) is 7.38. The molecule has 2 aromatic heterocycles. The Morgan fingerprint density at radius 2 is 1.90 bits per heavy atom. The van der Waals surface area contributed by atoms with E-state index >= 15 is 0 Å². The van der Waals surface area contributed by atoms with E-state index in [9.17, 15) is 9.59 Å². The van der Waals surface area contributed by atoms with Gasteiger partial charge in [0.05, 0.1) is 6.21 Å². The molecule has 7 nitrogen and oxygen atoms in total. The van der Waals surface area contributed by atoms with E-state index in [1.165, 1.54) is 25.5 Å². The lowest BCUT2D eigenvalue weighted by atomic mass is 9.49. The summed E-state index contributed by atoms with van der Waals surface area (Å²) >= 11 is 6.17. The monoisotopic (exact) mass is 427 g/mol. The number of carbonyl (C=O) groups is 2. The highest BCUT2D eigenvalue weighted by Crippen LogP contribution is 2.60. The normalized spacial score (nSPS) is 30.7. The lowest BCUT2D eigenvalue weighted by Gasteiger charge is -2.55. The summed E-state index contributed by atoms with van der Waals surface area (Å²) in [5.41, 5.74) is 3.52. The number of hydrogen-bond acceptors (Lipinski definition) is 4. The minimum atomic E-state index is -0.652. The number of amides is 2. The van der Waals surface area contributed by atoms with Crippen LogP contribution < -0.4 is 10.7 Å². The minimum absolute atomic E-state index is 0.0399. The number of rotatable bonds is 5. The summed E-state index contributed by atoms with van der Waals surface area (Å²) < 4.78 is 1.79. The molecule has 2 amide bonds. The van der Waals surface area contributed by atoms with Crippen LogP contribution in [0.3, 0.4) is 0 Å². The van der Waals surface area contributed by atoms with Crippen LogP contribution in [0.25, 0.3) is 5.65 Å². The Bertz CT molecular complexity index is 994. The molecule has 2 N–H and O–H groups in total. The van der Waals surface area contributed by atoms with Gasteiger partial charge in [-0.15, -0.1) is 0 Å². The molecule has 0 radical (unpaired) electrons. The van der Waals surface area contributed by atoms with E-state index in [0.717, 1.165) is 19.3 Å². The molecule has 4 aliphatic rings. The average Bonchev–Trinajstić information content (AvgIpc) is 3.02. The Morgan fingerprint density at radius 1 is 1.23 bits per heavy atom. The largest absolute Gasteiger partial charge is 0.344 e. The van der Waals surface area contributed by atoms with Gasteiger partial charge in [0.2, 0.25) is 5.91 Å². The zero-order valence-corrected chi connectivity index (χ0v) is 17.7. The molecule has 8 heteroatoms. The molecule has 4 fully saturated rings. The lowest BCUT2D eigenvalue weighted by molar-refractivity contribution is -0.148. The van der Waals surface area contributed by atoms with Crippen LogP contribution in [-0.4, -0.2) is 33.5 Å². The van der Waals surface area contributed by atoms with Gasteiger partial charge in [0.1, 0.15) is 17.4 Å². The molecule has 0 aromatic carbocycles. The van der Waals surface area contributed by atoms with Crippen molar-refractivity contribution in [3.8, 4) is 0 Å². The Morgan fingerprint density at radius 3 is 2.57 bits per heavy atom. The molecule has 6 rings (SSSR count). The van der Waals surface area contributed by atoms with Crippen molar-refractivity contribution in [3.63, 3.8) is 0 Å². The van der Waals surface area contributed by atoms with Crippen LogP contribution in [0.15, 0.2) is 29.5 Å². The quantitative estimate of drug-likeness (QED) is 0.567. The number of nitrogens with zero attached hydrogens (tertiary/aromatic N) is 3. The summed E-state index contributed by atoms with van der Waals surface area (Å²) in [5, 5.41) is 7.28. The van der Waals surface area contributed by atoms with Gasteiger partial charge in [-0.1, -0.05) is 17.7 Å². The number of nitrogens with one attached hydrogen (secondary N) is 2. The molecular weight excluding hydrogens is 402 g/mol. The highest BCUT2D eigenvalue weighted by Gasteiger charge is 2.54. The molecule has 0 saturated heterocycles. The molecule has 1 unspecified atom stereocenters. The van der Waals surface area contributed by atoms with Crippen molar-refractivity contribution in [2.24, 2.45) is 28.3 Å². The molecule has 0 aliphatic heterocycles. The zero-order valence-electron chi connectivity index (χ0n) is 17.0. The van der Waals surface area contributed by atoms with Crippen LogP contribution in [-0.2, 0) is 9.59 Å². The van der Waals surface area contributed by atoms with Gasteiger partial charge in [-0.25, -0.2) is 10.4 Å². The van der Waals surface area contributed by atoms with E-state index in [-0.39, 0.29) is 17.2 Å². The summed E-state index contributed by atoms with van der Waals surface area (Å²) in [6, 6.07) is 4.92. The van der Waals surface area contributed by atoms with Crippen molar-refractivity contribution in [3.05, 3.63) is 35.2 Å². The van der Waals surface area contributed by atoms with Crippen molar-refractivity contribution in [1.82, 2.24) is 20.1 Å². The third-order valence-electron chi connectivity index (χ3n) is 7.14. The van der Waals surface area contributed by atoms with E-state index in [0.29, 0.717) is 34.2 Å². The van der Waals surface area contributed by atoms with Gasteiger partial charge in [-0.3, -0.25) is 14.0 Å². The summed E-state index contributed by atoms with van der Waals surface area (Å²) in [6.45, 7) is 1.70. The highest BCUT2D eigenvalue weighted by molar-refractivity contribution is 6.32. The van der Waals surface area contributed by atoms with Crippen LogP contribution in [0.4, 0.5) is 0 Å². The van der Waals surface area contributed by atoms with Crippen molar-refractivity contribution >= 4 is 35.3 Å². The van der Waals surface area contributed by atoms with E-state index in [1.54, 1.807) is 11.3 Å². The number of aromatic nitrogens is 2. The van der Waals surface area contributed by atoms with Crippen molar-refractivity contribution < 1.29 is 9.59 Å². The van der Waals surface area contributed by atoms with Gasteiger partial charge in [-0.05, 0) is 75.3 Å². The van der Waals surface area contributed by atoms with E-state index < -0.39 is 6.04 Å². The first-order valence-electron chi connectivity index (χ1n) is 10.7. The second-order valence-electron chi connectivity index (χ2n) is 9.34. The van der Waals surface area contributed by atoms with Gasteiger partial charge >= 0.3 is 0 Å². The predicted octanol–water partition coefficient (Wildman–Crippen LogP) is 3.16. The molecule has 158 valence electrons. The maximum Gasteiger partial charge on any atom is 0.262 e. The van der Waals surface area contributed by atoms with Crippen molar-refractivity contribution in [1.29, 1.82) is 0 Å². The second-order valence-corrected chi connectivity index (χ2v) is 9.70. The van der Waals surface area contributed by atoms with Gasteiger partial charge in [0, 0.05) is 11.6 Å². The topological polar surface area (TPSA) is 87.9 Å². The van der Waals surface area contributed by atoms with Crippen LogP contribution in [0, 0.1) is 23.2 Å². The molecule has 2 aromatic rings. The van der Waals surface area contributed by atoms with Crippen LogP contribution in [0.1, 0.15) is 51.1 Å². The fourth-order valence-electron chi connectivity index (χ4n) is 6.16. The Labute approximate surface area is 180 Å². The fraction of sp³-hybridized carbons (Fsp3) is 0.545. The van der Waals surface area contributed by atoms with Crippen LogP contribution in [0.5, 0.6) is 0 Å². The number of hydrogen-bond donors (Lipinski definition) is 2. The number of carbonyl (C=O) groups excluding carboxylic acids is 2. The van der Waals surface area contributed by atoms with Crippen LogP contribution in [0.2, 0.25) is 5.15 Å². The van der Waals surface area contributed by atoms with E-state index in [1.807, 2.05) is 24.4 Å². The number of pyridine rings is 1. The van der Waals surface area contributed by atoms with Gasteiger partial charge in [0.15, 0.2) is 5.15 Å². The van der Waals surface area contributed by atoms with E-state index in [2.05, 4.69) is 20.8 Å². The third kappa shape index (κ3) is 3.39. The smallest absolute Gasteiger partial charge is 0.262 e. The standard InChI is InChI=1S/C22H26ClN5O2/c1-13(25-21(30)22-9-14-6-15(10-22)8-16(7-14)11-22)20(29)27-24-12-17-19(23)26-18-4-2-3-5-28(17)18/h2-5,12-16H,6-11H2,1H3,(H,25,30)(H,27,29). The van der Waals surface area contributed by atoms with Gasteiger partial charge in [0.25, 0.3) is 5.91 Å². The molecule has 4 bridgehead atoms. The third-order valence-corrected chi connectivity index (χ3v) is 7.42. The molecular formula is C22H26ClN5O2. The van der Waals surface area contributed by atoms with Crippen molar-refractivity contribution in [2.75, 3.05) is 0 Å². The first kappa shape index (κ1) is 19.5. The van der Waals surface area contributed by atoms with E-state index in [4.69, 9.17) is 11.6 Å².